The average molecular weight is 874 g/mol. The number of hydrogen-bond acceptors (Lipinski definition) is 5. The van der Waals surface area contributed by atoms with Crippen molar-refractivity contribution in [2.45, 2.75) is 99.8 Å². The number of benzene rings is 2. The number of fused-ring (bicyclic) bond motifs is 8. The van der Waals surface area contributed by atoms with E-state index in [0.717, 1.165) is 126 Å². The Morgan fingerprint density at radius 2 is 0.968 bits per heavy atom. The number of methoxy groups -OCH3 is 1. The zero-order chi connectivity index (χ0) is 42.9. The summed E-state index contributed by atoms with van der Waals surface area (Å²) < 4.78 is 18.2. The maximum atomic E-state index is 6.32. The Morgan fingerprint density at radius 1 is 0.484 bits per heavy atom. The summed E-state index contributed by atoms with van der Waals surface area (Å²) >= 11 is 0. The smallest absolute Gasteiger partial charge is 0.657 e. The van der Waals surface area contributed by atoms with Crippen LogP contribution in [0, 0.1) is 58.3 Å². The molecule has 0 spiro atoms. The van der Waals surface area contributed by atoms with Crippen molar-refractivity contribution in [2.75, 3.05) is 20.3 Å². The quantitative estimate of drug-likeness (QED) is 0.0648. The molecule has 2 aromatic carbocycles. The fourth-order valence-corrected chi connectivity index (χ4v) is 7.53. The third-order valence-corrected chi connectivity index (χ3v) is 11.3. The summed E-state index contributed by atoms with van der Waals surface area (Å²) in [6, 6.07) is 16.3. The van der Waals surface area contributed by atoms with Gasteiger partial charge in [0.15, 0.2) is 0 Å². The Balaban J connectivity index is 0.00000641. The van der Waals surface area contributed by atoms with E-state index in [1.807, 2.05) is 67.6 Å². The molecule has 0 radical (unpaired) electrons. The number of hydrogen-bond donors (Lipinski definition) is 0. The van der Waals surface area contributed by atoms with Crippen molar-refractivity contribution in [3.05, 3.63) is 121 Å². The van der Waals surface area contributed by atoms with Crippen LogP contribution in [0.2, 0.25) is 0 Å². The van der Waals surface area contributed by atoms with Crippen LogP contribution in [0.15, 0.2) is 48.5 Å². The predicted molar refractivity (Wildman–Crippen MR) is 251 cm³/mol. The van der Waals surface area contributed by atoms with E-state index in [9.17, 15) is 0 Å². The topological polar surface area (TPSA) is 81.7 Å². The van der Waals surface area contributed by atoms with Crippen LogP contribution in [0.4, 0.5) is 0 Å². The summed E-state index contributed by atoms with van der Waals surface area (Å²) in [4.78, 5) is 20.6. The van der Waals surface area contributed by atoms with Gasteiger partial charge in [0.25, 0.3) is 0 Å². The molecule has 7 nitrogen and oxygen atoms in total. The normalized spacial score (nSPS) is 11.4. The zero-order valence-electron chi connectivity index (χ0n) is 37.7. The number of ether oxygens (including phenoxy) is 3. The van der Waals surface area contributed by atoms with Gasteiger partial charge in [0.1, 0.15) is 17.2 Å². The fourth-order valence-electron chi connectivity index (χ4n) is 7.53. The van der Waals surface area contributed by atoms with E-state index in [4.69, 9.17) is 34.1 Å². The van der Waals surface area contributed by atoms with Crippen molar-refractivity contribution in [1.82, 2.24) is 19.9 Å². The van der Waals surface area contributed by atoms with E-state index in [1.54, 1.807) is 7.11 Å². The largest absolute Gasteiger partial charge is 2.00 e. The minimum atomic E-state index is 0. The molecule has 0 amide bonds. The second-order valence-corrected chi connectivity index (χ2v) is 15.9. The van der Waals surface area contributed by atoms with Crippen LogP contribution in [0.25, 0.3) is 46.4 Å². The molecule has 2 aliphatic rings. The Hall–Kier alpha value is -5.82. The number of nitrogens with zero attached hydrogens (tertiary/aromatic N) is 4. The van der Waals surface area contributed by atoms with Crippen molar-refractivity contribution in [3.63, 3.8) is 0 Å². The van der Waals surface area contributed by atoms with Gasteiger partial charge < -0.3 is 24.2 Å². The van der Waals surface area contributed by atoms with E-state index >= 15 is 0 Å². The van der Waals surface area contributed by atoms with Gasteiger partial charge in [-0.15, -0.1) is 22.1 Å². The minimum Gasteiger partial charge on any atom is -0.657 e. The number of rotatable bonds is 13. The van der Waals surface area contributed by atoms with Crippen LogP contribution < -0.4 is 24.2 Å². The van der Waals surface area contributed by atoms with Crippen LogP contribution in [-0.4, -0.2) is 30.3 Å². The third kappa shape index (κ3) is 10.6. The SMILES string of the molecule is CCCCCCOc1cc(C#Cc2c3nc(c(C)c4ccc([n-]4)c(C#Cc4cc(C)c(OC)cc4OCCCCCC)c4nc(c(C)c5ccc2[n-]5)C=C4)C=C3)c(C)cc1C.[Zn+2]. The average Bonchev–Trinajstić information content (AvgIpc) is 4.11. The van der Waals surface area contributed by atoms with Crippen molar-refractivity contribution in [3.8, 4) is 40.9 Å². The van der Waals surface area contributed by atoms with E-state index in [0.29, 0.717) is 19.0 Å². The van der Waals surface area contributed by atoms with Crippen LogP contribution in [0.3, 0.4) is 0 Å². The van der Waals surface area contributed by atoms with Gasteiger partial charge in [-0.2, -0.15) is 0 Å². The maximum absolute atomic E-state index is 6.32. The molecule has 0 N–H and O–H groups in total. The third-order valence-electron chi connectivity index (χ3n) is 11.3. The molecule has 0 aliphatic carbocycles. The minimum absolute atomic E-state index is 0. The molecule has 0 atom stereocenters. The second-order valence-electron chi connectivity index (χ2n) is 15.9. The molecule has 8 bridgehead atoms. The fraction of sp³-hybridized carbons (Fsp3) is 0.333. The van der Waals surface area contributed by atoms with Gasteiger partial charge in [0.2, 0.25) is 0 Å². The monoisotopic (exact) mass is 872 g/mol. The Labute approximate surface area is 380 Å². The summed E-state index contributed by atoms with van der Waals surface area (Å²) in [6.07, 6.45) is 17.2. The molecule has 8 heteroatoms. The molecule has 312 valence electrons. The molecule has 0 unspecified atom stereocenters. The van der Waals surface area contributed by atoms with Crippen LogP contribution in [0.5, 0.6) is 17.2 Å². The van der Waals surface area contributed by atoms with Gasteiger partial charge in [0.05, 0.1) is 48.7 Å². The Morgan fingerprint density at radius 3 is 1.50 bits per heavy atom. The van der Waals surface area contributed by atoms with E-state index in [-0.39, 0.29) is 19.5 Å². The van der Waals surface area contributed by atoms with Gasteiger partial charge >= 0.3 is 19.5 Å². The molecule has 0 saturated carbocycles. The Kier molecular flexibility index (Phi) is 15.7. The van der Waals surface area contributed by atoms with Gasteiger partial charge in [0, 0.05) is 22.8 Å². The summed E-state index contributed by atoms with van der Waals surface area (Å²) in [7, 11) is 1.68. The van der Waals surface area contributed by atoms with Crippen molar-refractivity contribution in [1.29, 1.82) is 0 Å². The van der Waals surface area contributed by atoms with Crippen LogP contribution >= 0.6 is 0 Å². The molecule has 0 saturated heterocycles. The van der Waals surface area contributed by atoms with Gasteiger partial charge in [-0.25, -0.2) is 9.97 Å². The summed E-state index contributed by atoms with van der Waals surface area (Å²) in [5.74, 6) is 16.3. The van der Waals surface area contributed by atoms with Gasteiger partial charge in [-0.05, 0) is 112 Å². The second kappa shape index (κ2) is 21.3. The molecule has 2 aliphatic heterocycles. The molecule has 3 aromatic heterocycles. The van der Waals surface area contributed by atoms with Gasteiger partial charge in [-0.3, -0.25) is 0 Å². The molecule has 62 heavy (non-hydrogen) atoms. The molecule has 5 heterocycles. The summed E-state index contributed by atoms with van der Waals surface area (Å²) in [5.41, 5.74) is 14.5. The molecule has 7 rings (SSSR count). The zero-order valence-corrected chi connectivity index (χ0v) is 40.7. The first kappa shape index (κ1) is 45.7. The van der Waals surface area contributed by atoms with Crippen LogP contribution in [0.1, 0.15) is 138 Å². The first-order valence-corrected chi connectivity index (χ1v) is 21.8. The van der Waals surface area contributed by atoms with E-state index in [2.05, 4.69) is 77.4 Å². The van der Waals surface area contributed by atoms with Crippen molar-refractivity contribution in [2.24, 2.45) is 0 Å². The maximum Gasteiger partial charge on any atom is 2.00 e. The summed E-state index contributed by atoms with van der Waals surface area (Å²) in [5, 5.41) is 0. The number of aryl methyl sites for hydroxylation is 5. The van der Waals surface area contributed by atoms with Crippen molar-refractivity contribution < 1.29 is 33.7 Å². The molecular formula is C54H56N4O3Zn. The van der Waals surface area contributed by atoms with Crippen molar-refractivity contribution >= 4 is 46.4 Å². The first-order valence-electron chi connectivity index (χ1n) is 21.8. The molecule has 5 aromatic rings. The predicted octanol–water partition coefficient (Wildman–Crippen LogP) is 12.2. The molecule has 0 fully saturated rings. The first-order chi connectivity index (χ1) is 29.7. The van der Waals surface area contributed by atoms with E-state index in [1.165, 1.54) is 32.1 Å². The molecular weight excluding hydrogens is 818 g/mol. The standard InChI is InChI=1S/C54H56N4O3.Zn/c1-9-11-13-15-29-60-53-33-40(35(3)31-36(53)4)17-19-42-48-25-21-44(55-48)38(6)46-23-27-50(57-46)43(51-28-24-47(58-51)39(7)45-22-26-49(42)56-45)20-18-41-32-37(5)52(59-8)34-54(41)61-30-16-14-12-10-2;/h21-28,31-34H,9-16,29-30H2,1-8H3;/q-2;+2. The summed E-state index contributed by atoms with van der Waals surface area (Å²) in [6.45, 7) is 16.1. The number of unbranched alkanes of at least 4 members (excludes halogenated alkanes) is 6. The number of aromatic nitrogens is 4. The van der Waals surface area contributed by atoms with Crippen LogP contribution in [-0.2, 0) is 19.5 Å². The van der Waals surface area contributed by atoms with Gasteiger partial charge in [-0.1, -0.05) is 106 Å². The Bertz CT molecular complexity index is 2800. The van der Waals surface area contributed by atoms with E-state index < -0.39 is 0 Å².